The molecule has 0 aromatic heterocycles. The molecule has 0 radical (unpaired) electrons. The molecule has 1 heteroatoms. The summed E-state index contributed by atoms with van der Waals surface area (Å²) in [5, 5.41) is 2.51. The van der Waals surface area contributed by atoms with Crippen LogP contribution in [0.4, 0.5) is 17.1 Å². The first-order valence-electron chi connectivity index (χ1n) is 22.8. The van der Waals surface area contributed by atoms with Gasteiger partial charge in [-0.3, -0.25) is 0 Å². The fourth-order valence-electron chi connectivity index (χ4n) is 11.0. The van der Waals surface area contributed by atoms with Crippen LogP contribution in [0, 0.1) is 0 Å². The summed E-state index contributed by atoms with van der Waals surface area (Å²) < 4.78 is 0. The van der Waals surface area contributed by atoms with Crippen molar-refractivity contribution in [2.24, 2.45) is 0 Å². The molecule has 0 atom stereocenters. The topological polar surface area (TPSA) is 3.24 Å². The van der Waals surface area contributed by atoms with Crippen molar-refractivity contribution in [2.45, 2.75) is 31.1 Å². The minimum atomic E-state index is -0.543. The third-order valence-electron chi connectivity index (χ3n) is 14.0. The smallest absolute Gasteiger partial charge is 0.0714 e. The molecule has 10 aromatic carbocycles. The third kappa shape index (κ3) is 6.22. The van der Waals surface area contributed by atoms with E-state index in [1.54, 1.807) is 0 Å². The van der Waals surface area contributed by atoms with Gasteiger partial charge in [-0.2, -0.15) is 0 Å². The lowest BCUT2D eigenvalue weighted by molar-refractivity contribution is 0.687. The van der Waals surface area contributed by atoms with Gasteiger partial charge in [0.2, 0.25) is 0 Å². The Morgan fingerprint density at radius 1 is 0.344 bits per heavy atom. The van der Waals surface area contributed by atoms with Gasteiger partial charge < -0.3 is 4.90 Å². The van der Waals surface area contributed by atoms with Crippen molar-refractivity contribution in [1.29, 1.82) is 0 Å². The molecule has 0 fully saturated rings. The Hall–Kier alpha value is -7.74. The van der Waals surface area contributed by atoms with Crippen LogP contribution in [0.15, 0.2) is 237 Å². The zero-order chi connectivity index (χ0) is 42.5. The first-order chi connectivity index (χ1) is 31.8. The molecule has 2 aliphatic carbocycles. The molecule has 0 heterocycles. The predicted octanol–water partition coefficient (Wildman–Crippen LogP) is 16.6. The van der Waals surface area contributed by atoms with Gasteiger partial charge in [-0.05, 0) is 145 Å². The van der Waals surface area contributed by atoms with E-state index < -0.39 is 5.41 Å². The summed E-state index contributed by atoms with van der Waals surface area (Å²) in [5.74, 6) is 0. The molecule has 12 rings (SSSR count). The molecule has 0 N–H and O–H groups in total. The Labute approximate surface area is 376 Å². The molecule has 2 aliphatic rings. The van der Waals surface area contributed by atoms with Gasteiger partial charge in [-0.1, -0.05) is 200 Å². The number of rotatable bonds is 8. The fraction of sp³-hybridized carbons (Fsp3) is 0.0794. The Morgan fingerprint density at radius 3 is 1.62 bits per heavy atom. The maximum Gasteiger partial charge on any atom is 0.0714 e. The molecule has 0 unspecified atom stereocenters. The predicted molar refractivity (Wildman–Crippen MR) is 269 cm³/mol. The number of fused-ring (bicyclic) bond motifs is 5. The summed E-state index contributed by atoms with van der Waals surface area (Å²) in [6.45, 7) is 0. The van der Waals surface area contributed by atoms with Gasteiger partial charge >= 0.3 is 0 Å². The number of aryl methyl sites for hydroxylation is 1. The van der Waals surface area contributed by atoms with Crippen LogP contribution in [0.1, 0.15) is 46.2 Å². The van der Waals surface area contributed by atoms with E-state index in [2.05, 4.69) is 241 Å². The lowest BCUT2D eigenvalue weighted by Gasteiger charge is -2.35. The van der Waals surface area contributed by atoms with Crippen LogP contribution in [0.25, 0.3) is 55.3 Å². The highest BCUT2D eigenvalue weighted by molar-refractivity contribution is 5.99. The first kappa shape index (κ1) is 38.0. The van der Waals surface area contributed by atoms with Crippen LogP contribution in [-0.2, 0) is 18.3 Å². The minimum Gasteiger partial charge on any atom is -0.310 e. The molecule has 0 amide bonds. The molecule has 0 saturated carbocycles. The number of anilines is 3. The zero-order valence-electron chi connectivity index (χ0n) is 35.8. The van der Waals surface area contributed by atoms with Gasteiger partial charge in [-0.25, -0.2) is 0 Å². The molecule has 10 aromatic rings. The van der Waals surface area contributed by atoms with Crippen molar-refractivity contribution in [3.8, 4) is 44.5 Å². The summed E-state index contributed by atoms with van der Waals surface area (Å²) in [7, 11) is 0. The average molecular weight is 818 g/mol. The van der Waals surface area contributed by atoms with E-state index >= 15 is 0 Å². The van der Waals surface area contributed by atoms with Gasteiger partial charge in [0.25, 0.3) is 0 Å². The van der Waals surface area contributed by atoms with Gasteiger partial charge in [0.05, 0.1) is 11.1 Å². The maximum atomic E-state index is 2.53. The summed E-state index contributed by atoms with van der Waals surface area (Å²) in [6.07, 6.45) is 4.86. The van der Waals surface area contributed by atoms with E-state index in [0.717, 1.165) is 23.5 Å². The zero-order valence-corrected chi connectivity index (χ0v) is 35.8. The second kappa shape index (κ2) is 15.9. The van der Waals surface area contributed by atoms with E-state index in [9.17, 15) is 0 Å². The van der Waals surface area contributed by atoms with Crippen LogP contribution < -0.4 is 4.90 Å². The van der Waals surface area contributed by atoms with E-state index in [4.69, 9.17) is 0 Å². The van der Waals surface area contributed by atoms with E-state index in [-0.39, 0.29) is 0 Å². The molecule has 0 spiro atoms. The van der Waals surface area contributed by atoms with Gasteiger partial charge in [0, 0.05) is 16.9 Å². The van der Waals surface area contributed by atoms with Crippen LogP contribution >= 0.6 is 0 Å². The lowest BCUT2D eigenvalue weighted by atomic mass is 9.67. The molecule has 0 saturated heterocycles. The largest absolute Gasteiger partial charge is 0.310 e. The van der Waals surface area contributed by atoms with Gasteiger partial charge in [0.15, 0.2) is 0 Å². The van der Waals surface area contributed by atoms with Gasteiger partial charge in [-0.15, -0.1) is 0 Å². The highest BCUT2D eigenvalue weighted by atomic mass is 15.1. The quantitative estimate of drug-likeness (QED) is 0.148. The summed E-state index contributed by atoms with van der Waals surface area (Å²) in [4.78, 5) is 2.48. The second-order valence-corrected chi connectivity index (χ2v) is 17.4. The average Bonchev–Trinajstić information content (AvgIpc) is 3.67. The molecule has 64 heavy (non-hydrogen) atoms. The van der Waals surface area contributed by atoms with Crippen molar-refractivity contribution in [3.05, 3.63) is 270 Å². The van der Waals surface area contributed by atoms with Crippen LogP contribution in [0.3, 0.4) is 0 Å². The van der Waals surface area contributed by atoms with Crippen molar-refractivity contribution in [3.63, 3.8) is 0 Å². The van der Waals surface area contributed by atoms with Crippen molar-refractivity contribution in [1.82, 2.24) is 0 Å². The van der Waals surface area contributed by atoms with E-state index in [1.165, 1.54) is 108 Å². The van der Waals surface area contributed by atoms with Crippen LogP contribution in [0.5, 0.6) is 0 Å². The van der Waals surface area contributed by atoms with Crippen molar-refractivity contribution < 1.29 is 0 Å². The molecule has 1 nitrogen and oxygen atoms in total. The fourth-order valence-corrected chi connectivity index (χ4v) is 11.0. The standard InChI is InChI=1S/C63H47N/c1-4-22-49(23-5-1)63(50-24-6-2-7-25-50)60-33-15-14-30-57(60)59-42-58(48-36-34-46(35-37-48)55-31-16-20-44-18-10-12-28-53(44)55)62(43-61(59)63)64(51-26-8-3-9-27-51)52-40-38-47(39-41-52)56-32-17-21-45-19-11-13-29-54(45)56/h1-9,11,13-17,19-27,29-43H,10,12,18,28H2. The molecular formula is C63H47N. The number of benzene rings is 10. The normalized spacial score (nSPS) is 13.5. The Bertz CT molecular complexity index is 3250. The first-order valence-corrected chi connectivity index (χ1v) is 22.8. The minimum absolute atomic E-state index is 0.543. The highest BCUT2D eigenvalue weighted by Gasteiger charge is 2.46. The van der Waals surface area contributed by atoms with E-state index in [1.807, 2.05) is 0 Å². The number of hydrogen-bond acceptors (Lipinski definition) is 1. The van der Waals surface area contributed by atoms with Crippen molar-refractivity contribution in [2.75, 3.05) is 4.90 Å². The Kier molecular flexibility index (Phi) is 9.42. The number of nitrogens with zero attached hydrogens (tertiary/aromatic N) is 1. The number of hydrogen-bond donors (Lipinski definition) is 0. The molecule has 0 aliphatic heterocycles. The third-order valence-corrected chi connectivity index (χ3v) is 14.0. The summed E-state index contributed by atoms with van der Waals surface area (Å²) in [6, 6.07) is 88.1. The summed E-state index contributed by atoms with van der Waals surface area (Å²) in [5.41, 5.74) is 21.0. The summed E-state index contributed by atoms with van der Waals surface area (Å²) >= 11 is 0. The SMILES string of the molecule is c1ccc(N(c2ccc(-c3cccc4ccccc34)cc2)c2cc3c(cc2-c2ccc(-c4cccc5c4CCCC5)cc2)-c2ccccc2C3(c2ccccc2)c2ccccc2)cc1. The Morgan fingerprint density at radius 2 is 0.875 bits per heavy atom. The lowest BCUT2D eigenvalue weighted by Crippen LogP contribution is -2.28. The van der Waals surface area contributed by atoms with Crippen LogP contribution in [-0.4, -0.2) is 0 Å². The maximum absolute atomic E-state index is 2.53. The highest BCUT2D eigenvalue weighted by Crippen LogP contribution is 2.59. The second-order valence-electron chi connectivity index (χ2n) is 17.4. The molecule has 0 bridgehead atoms. The van der Waals surface area contributed by atoms with Gasteiger partial charge in [0.1, 0.15) is 0 Å². The van der Waals surface area contributed by atoms with E-state index in [0.29, 0.717) is 0 Å². The Balaban J connectivity index is 1.11. The molecular weight excluding hydrogens is 771 g/mol. The monoisotopic (exact) mass is 817 g/mol. The molecule has 304 valence electrons. The number of para-hydroxylation sites is 1. The van der Waals surface area contributed by atoms with Crippen LogP contribution in [0.2, 0.25) is 0 Å². The van der Waals surface area contributed by atoms with Crippen molar-refractivity contribution >= 4 is 27.8 Å².